The second-order valence-electron chi connectivity index (χ2n) is 3.68. The fourth-order valence-corrected chi connectivity index (χ4v) is 1.99. The number of aromatic nitrogens is 2. The van der Waals surface area contributed by atoms with Crippen molar-refractivity contribution in [2.24, 2.45) is 0 Å². The minimum atomic E-state index is 0.203. The molecule has 1 aromatic heterocycles. The molecule has 5 heteroatoms. The highest BCUT2D eigenvalue weighted by Gasteiger charge is 2.11. The summed E-state index contributed by atoms with van der Waals surface area (Å²) in [6.07, 6.45) is 2.20. The van der Waals surface area contributed by atoms with E-state index >= 15 is 0 Å². The van der Waals surface area contributed by atoms with Crippen LogP contribution in [-0.4, -0.2) is 23.4 Å². The Morgan fingerprint density at radius 3 is 2.83 bits per heavy atom. The predicted octanol–water partition coefficient (Wildman–Crippen LogP) is 3.04. The van der Waals surface area contributed by atoms with Crippen LogP contribution in [0.5, 0.6) is 5.88 Å². The molecule has 0 fully saturated rings. The van der Waals surface area contributed by atoms with E-state index in [-0.39, 0.29) is 11.6 Å². The zero-order valence-electron chi connectivity index (χ0n) is 9.98. The molecule has 0 aliphatic heterocycles. The molecule has 1 aromatic carbocycles. The average Bonchev–Trinajstić information content (AvgIpc) is 2.41. The molecular weight excluding hydrogens is 296 g/mol. The van der Waals surface area contributed by atoms with Gasteiger partial charge >= 0.3 is 0 Å². The fraction of sp³-hybridized carbons (Fsp3) is 0.154. The molecule has 4 nitrogen and oxygen atoms in total. The summed E-state index contributed by atoms with van der Waals surface area (Å²) in [6.45, 7) is 1.99. The van der Waals surface area contributed by atoms with Gasteiger partial charge in [-0.25, -0.2) is 9.97 Å². The summed E-state index contributed by atoms with van der Waals surface area (Å²) in [5, 5.41) is 0. The number of methoxy groups -OCH3 is 1. The van der Waals surface area contributed by atoms with Crippen LogP contribution in [0.15, 0.2) is 28.9 Å². The molecule has 0 N–H and O–H groups in total. The van der Waals surface area contributed by atoms with Crippen molar-refractivity contribution in [3.8, 4) is 17.1 Å². The highest BCUT2D eigenvalue weighted by atomic mass is 79.9. The number of nitrogens with zero attached hydrogens (tertiary/aromatic N) is 2. The van der Waals surface area contributed by atoms with Crippen LogP contribution >= 0.6 is 15.9 Å². The number of carbonyl (C=O) groups excluding carboxylic acids is 1. The molecule has 0 unspecified atom stereocenters. The molecule has 0 atom stereocenters. The van der Waals surface area contributed by atoms with Gasteiger partial charge in [-0.15, -0.1) is 0 Å². The van der Waals surface area contributed by atoms with Crippen LogP contribution < -0.4 is 4.74 Å². The summed E-state index contributed by atoms with van der Waals surface area (Å²) in [6, 6.07) is 5.83. The van der Waals surface area contributed by atoms with Crippen molar-refractivity contribution in [3.05, 3.63) is 40.1 Å². The zero-order valence-corrected chi connectivity index (χ0v) is 11.6. The Morgan fingerprint density at radius 2 is 2.17 bits per heavy atom. The third kappa shape index (κ3) is 2.26. The van der Waals surface area contributed by atoms with Crippen molar-refractivity contribution in [2.45, 2.75) is 6.92 Å². The van der Waals surface area contributed by atoms with Crippen LogP contribution in [0, 0.1) is 6.92 Å². The molecule has 0 saturated carbocycles. The first-order valence-electron chi connectivity index (χ1n) is 5.29. The van der Waals surface area contributed by atoms with E-state index in [0.717, 1.165) is 15.6 Å². The van der Waals surface area contributed by atoms with Crippen LogP contribution in [0.1, 0.15) is 16.1 Å². The topological polar surface area (TPSA) is 52.1 Å². The monoisotopic (exact) mass is 306 g/mol. The first-order chi connectivity index (χ1) is 8.67. The lowest BCUT2D eigenvalue weighted by atomic mass is 10.1. The van der Waals surface area contributed by atoms with Gasteiger partial charge in [-0.2, -0.15) is 0 Å². The minimum Gasteiger partial charge on any atom is -0.479 e. The molecule has 2 rings (SSSR count). The Labute approximate surface area is 113 Å². The van der Waals surface area contributed by atoms with E-state index in [9.17, 15) is 4.79 Å². The van der Waals surface area contributed by atoms with Crippen LogP contribution in [-0.2, 0) is 0 Å². The van der Waals surface area contributed by atoms with Crippen LogP contribution in [0.4, 0.5) is 0 Å². The van der Waals surface area contributed by atoms with Crippen molar-refractivity contribution in [2.75, 3.05) is 7.11 Å². The molecular formula is C13H11BrN2O2. The van der Waals surface area contributed by atoms with Gasteiger partial charge in [0.1, 0.15) is 0 Å². The van der Waals surface area contributed by atoms with E-state index in [1.807, 2.05) is 25.1 Å². The van der Waals surface area contributed by atoms with Gasteiger partial charge in [0.15, 0.2) is 12.0 Å². The van der Waals surface area contributed by atoms with Crippen LogP contribution in [0.3, 0.4) is 0 Å². The maximum Gasteiger partial charge on any atom is 0.243 e. The van der Waals surface area contributed by atoms with Gasteiger partial charge in [0, 0.05) is 10.0 Å². The molecule has 0 radical (unpaired) electrons. The van der Waals surface area contributed by atoms with E-state index in [1.165, 1.54) is 7.11 Å². The minimum absolute atomic E-state index is 0.203. The molecule has 18 heavy (non-hydrogen) atoms. The van der Waals surface area contributed by atoms with E-state index in [2.05, 4.69) is 25.9 Å². The maximum absolute atomic E-state index is 10.8. The van der Waals surface area contributed by atoms with Gasteiger partial charge in [0.2, 0.25) is 5.88 Å². The Hall–Kier alpha value is -1.75. The molecule has 0 bridgehead atoms. The van der Waals surface area contributed by atoms with E-state index in [4.69, 9.17) is 4.74 Å². The molecule has 92 valence electrons. The maximum atomic E-state index is 10.8. The number of aldehydes is 1. The molecule has 0 aliphatic carbocycles. The number of rotatable bonds is 3. The summed E-state index contributed by atoms with van der Waals surface area (Å²) >= 11 is 3.47. The highest BCUT2D eigenvalue weighted by Crippen LogP contribution is 2.28. The summed E-state index contributed by atoms with van der Waals surface area (Å²) in [7, 11) is 1.47. The number of ether oxygens (including phenoxy) is 1. The largest absolute Gasteiger partial charge is 0.479 e. The molecule has 0 amide bonds. The van der Waals surface area contributed by atoms with Gasteiger partial charge in [0.25, 0.3) is 0 Å². The summed E-state index contributed by atoms with van der Waals surface area (Å²) in [5.74, 6) is 0.238. The number of carbonyl (C=O) groups is 1. The second-order valence-corrected chi connectivity index (χ2v) is 4.53. The SMILES string of the molecule is COc1nc(-c2cccc(Br)c2C)cnc1C=O. The Kier molecular flexibility index (Phi) is 3.72. The number of hydrogen-bond acceptors (Lipinski definition) is 4. The molecule has 0 spiro atoms. The van der Waals surface area contributed by atoms with Gasteiger partial charge in [-0.3, -0.25) is 4.79 Å². The fourth-order valence-electron chi connectivity index (χ4n) is 1.63. The van der Waals surface area contributed by atoms with Gasteiger partial charge in [-0.1, -0.05) is 28.1 Å². The number of halogens is 1. The third-order valence-electron chi connectivity index (χ3n) is 2.62. The lowest BCUT2D eigenvalue weighted by Gasteiger charge is -2.08. The van der Waals surface area contributed by atoms with Crippen molar-refractivity contribution in [1.29, 1.82) is 0 Å². The Morgan fingerprint density at radius 1 is 1.39 bits per heavy atom. The molecule has 0 aliphatic rings. The lowest BCUT2D eigenvalue weighted by Crippen LogP contribution is -1.99. The Balaban J connectivity index is 2.58. The van der Waals surface area contributed by atoms with Crippen molar-refractivity contribution in [1.82, 2.24) is 9.97 Å². The quantitative estimate of drug-likeness (QED) is 0.818. The predicted molar refractivity (Wildman–Crippen MR) is 71.8 cm³/mol. The smallest absolute Gasteiger partial charge is 0.243 e. The third-order valence-corrected chi connectivity index (χ3v) is 3.47. The average molecular weight is 307 g/mol. The number of hydrogen-bond donors (Lipinski definition) is 0. The summed E-state index contributed by atoms with van der Waals surface area (Å²) in [4.78, 5) is 19.1. The summed E-state index contributed by atoms with van der Waals surface area (Å²) in [5.41, 5.74) is 2.89. The standard InChI is InChI=1S/C13H11BrN2O2/c1-8-9(4-3-5-10(8)14)11-6-15-12(7-17)13(16-11)18-2/h3-7H,1-2H3. The number of benzene rings is 1. The van der Waals surface area contributed by atoms with E-state index < -0.39 is 0 Å². The van der Waals surface area contributed by atoms with E-state index in [1.54, 1.807) is 6.20 Å². The normalized spacial score (nSPS) is 10.2. The molecule has 0 saturated heterocycles. The van der Waals surface area contributed by atoms with Crippen LogP contribution in [0.2, 0.25) is 0 Å². The van der Waals surface area contributed by atoms with E-state index in [0.29, 0.717) is 12.0 Å². The molecule has 1 heterocycles. The highest BCUT2D eigenvalue weighted by molar-refractivity contribution is 9.10. The summed E-state index contributed by atoms with van der Waals surface area (Å²) < 4.78 is 6.05. The first kappa shape index (κ1) is 12.7. The van der Waals surface area contributed by atoms with Gasteiger partial charge in [-0.05, 0) is 18.6 Å². The van der Waals surface area contributed by atoms with Crippen molar-refractivity contribution < 1.29 is 9.53 Å². The lowest BCUT2D eigenvalue weighted by molar-refractivity contribution is 0.111. The zero-order chi connectivity index (χ0) is 13.1. The van der Waals surface area contributed by atoms with Gasteiger partial charge in [0.05, 0.1) is 19.0 Å². The van der Waals surface area contributed by atoms with Crippen LogP contribution in [0.25, 0.3) is 11.3 Å². The van der Waals surface area contributed by atoms with Gasteiger partial charge < -0.3 is 4.74 Å². The second kappa shape index (κ2) is 5.27. The van der Waals surface area contributed by atoms with Crippen molar-refractivity contribution >= 4 is 22.2 Å². The Bertz CT molecular complexity index is 600. The molecule has 2 aromatic rings. The first-order valence-corrected chi connectivity index (χ1v) is 6.08. The van der Waals surface area contributed by atoms with Crippen molar-refractivity contribution in [3.63, 3.8) is 0 Å².